The zero-order chi connectivity index (χ0) is 21.6. The lowest BCUT2D eigenvalue weighted by molar-refractivity contribution is -0.117. The number of morpholine rings is 1. The average molecular weight is 432 g/mol. The van der Waals surface area contributed by atoms with E-state index in [1.54, 1.807) is 12.1 Å². The molecule has 1 heterocycles. The van der Waals surface area contributed by atoms with Gasteiger partial charge in [0.25, 0.3) is 0 Å². The molecule has 0 saturated carbocycles. The number of anilines is 1. The second kappa shape index (κ2) is 10.2. The number of ether oxygens (including phenoxy) is 1. The zero-order valence-corrected chi connectivity index (χ0v) is 18.3. The fourth-order valence-corrected chi connectivity index (χ4v) is 4.81. The third kappa shape index (κ3) is 5.89. The van der Waals surface area contributed by atoms with Gasteiger partial charge in [0.05, 0.1) is 24.7 Å². The zero-order valence-electron chi connectivity index (χ0n) is 17.5. The first-order chi connectivity index (χ1) is 14.4. The molecule has 0 spiro atoms. The number of likely N-dealkylation sites (N-methyl/N-ethyl adjacent to an activating group) is 1. The Balaban J connectivity index is 1.58. The van der Waals surface area contributed by atoms with Crippen molar-refractivity contribution in [3.8, 4) is 0 Å². The first-order valence-corrected chi connectivity index (χ1v) is 11.6. The van der Waals surface area contributed by atoms with Crippen molar-refractivity contribution in [2.45, 2.75) is 25.3 Å². The number of sulfonamides is 1. The van der Waals surface area contributed by atoms with E-state index in [0.29, 0.717) is 38.5 Å². The van der Waals surface area contributed by atoms with E-state index in [1.807, 2.05) is 13.0 Å². The minimum atomic E-state index is -3.54. The number of hydrogen-bond donors (Lipinski definition) is 1. The smallest absolute Gasteiger partial charge is 0.243 e. The number of nitrogens with one attached hydrogen (secondary N) is 1. The lowest BCUT2D eigenvalue weighted by Gasteiger charge is -2.26. The molecule has 7 nitrogen and oxygen atoms in total. The number of benzene rings is 2. The number of carbonyl (C=O) groups excluding carboxylic acids is 1. The first kappa shape index (κ1) is 22.4. The van der Waals surface area contributed by atoms with Crippen LogP contribution in [0.15, 0.2) is 53.4 Å². The van der Waals surface area contributed by atoms with E-state index in [4.69, 9.17) is 4.74 Å². The van der Waals surface area contributed by atoms with Gasteiger partial charge in [-0.15, -0.1) is 0 Å². The molecular weight excluding hydrogens is 402 g/mol. The van der Waals surface area contributed by atoms with Crippen molar-refractivity contribution in [3.05, 3.63) is 59.7 Å². The molecule has 0 bridgehead atoms. The van der Waals surface area contributed by atoms with Gasteiger partial charge >= 0.3 is 0 Å². The highest BCUT2D eigenvalue weighted by molar-refractivity contribution is 7.89. The maximum absolute atomic E-state index is 12.7. The second-order valence-corrected chi connectivity index (χ2v) is 9.32. The van der Waals surface area contributed by atoms with Crippen LogP contribution in [0.3, 0.4) is 0 Å². The molecular formula is C22H29N3O4S. The van der Waals surface area contributed by atoms with Crippen LogP contribution in [0.4, 0.5) is 5.69 Å². The predicted octanol–water partition coefficient (Wildman–Crippen LogP) is 2.48. The minimum absolute atomic E-state index is 0.131. The van der Waals surface area contributed by atoms with Gasteiger partial charge in [0, 0.05) is 25.3 Å². The van der Waals surface area contributed by atoms with Crippen molar-refractivity contribution in [2.75, 3.05) is 44.7 Å². The molecule has 162 valence electrons. The standard InChI is InChI=1S/C22H29N3O4S/c1-3-24(16-19-6-4-5-18(2)15-19)17-22(26)23-20-7-9-21(10-8-20)30(27,28)25-11-13-29-14-12-25/h4-10,15H,3,11-14,16-17H2,1-2H3,(H,23,26). The average Bonchev–Trinajstić information content (AvgIpc) is 2.74. The normalized spacial score (nSPS) is 15.3. The van der Waals surface area contributed by atoms with Gasteiger partial charge in [-0.2, -0.15) is 4.31 Å². The van der Waals surface area contributed by atoms with Crippen LogP contribution >= 0.6 is 0 Å². The van der Waals surface area contributed by atoms with Gasteiger partial charge in [-0.25, -0.2) is 8.42 Å². The summed E-state index contributed by atoms with van der Waals surface area (Å²) in [6, 6.07) is 14.6. The van der Waals surface area contributed by atoms with Crippen molar-refractivity contribution in [3.63, 3.8) is 0 Å². The molecule has 0 aromatic heterocycles. The monoisotopic (exact) mass is 431 g/mol. The fraction of sp³-hybridized carbons (Fsp3) is 0.409. The Kier molecular flexibility index (Phi) is 7.60. The van der Waals surface area contributed by atoms with Crippen LogP contribution in [0.1, 0.15) is 18.1 Å². The summed E-state index contributed by atoms with van der Waals surface area (Å²) in [6.07, 6.45) is 0. The Labute approximate surface area is 178 Å². The summed E-state index contributed by atoms with van der Waals surface area (Å²) in [4.78, 5) is 14.8. The van der Waals surface area contributed by atoms with Crippen molar-refractivity contribution in [2.24, 2.45) is 0 Å². The maximum Gasteiger partial charge on any atom is 0.243 e. The largest absolute Gasteiger partial charge is 0.379 e. The number of aryl methyl sites for hydroxylation is 1. The van der Waals surface area contributed by atoms with Gasteiger partial charge in [0.2, 0.25) is 15.9 Å². The van der Waals surface area contributed by atoms with E-state index in [1.165, 1.54) is 27.6 Å². The number of hydrogen-bond acceptors (Lipinski definition) is 5. The van der Waals surface area contributed by atoms with Crippen LogP contribution in [0.25, 0.3) is 0 Å². The van der Waals surface area contributed by atoms with Crippen LogP contribution in [-0.2, 0) is 26.1 Å². The van der Waals surface area contributed by atoms with Crippen molar-refractivity contribution < 1.29 is 17.9 Å². The molecule has 0 atom stereocenters. The van der Waals surface area contributed by atoms with Crippen LogP contribution in [0.5, 0.6) is 0 Å². The Morgan fingerprint density at radius 3 is 2.47 bits per heavy atom. The van der Waals surface area contributed by atoms with Gasteiger partial charge in [-0.05, 0) is 43.3 Å². The lowest BCUT2D eigenvalue weighted by Crippen LogP contribution is -2.40. The summed E-state index contributed by atoms with van der Waals surface area (Å²) in [5, 5.41) is 2.85. The van der Waals surface area contributed by atoms with Crippen LogP contribution in [0, 0.1) is 6.92 Å². The molecule has 3 rings (SSSR count). The maximum atomic E-state index is 12.7. The number of nitrogens with zero attached hydrogens (tertiary/aromatic N) is 2. The van der Waals surface area contributed by atoms with Crippen molar-refractivity contribution >= 4 is 21.6 Å². The summed E-state index contributed by atoms with van der Waals surface area (Å²) in [6.45, 7) is 7.30. The van der Waals surface area contributed by atoms with Gasteiger partial charge in [0.1, 0.15) is 0 Å². The quantitative estimate of drug-likeness (QED) is 0.695. The SMILES string of the molecule is CCN(CC(=O)Nc1ccc(S(=O)(=O)N2CCOCC2)cc1)Cc1cccc(C)c1. The summed E-state index contributed by atoms with van der Waals surface area (Å²) in [7, 11) is -3.54. The molecule has 1 fully saturated rings. The van der Waals surface area contributed by atoms with E-state index < -0.39 is 10.0 Å². The van der Waals surface area contributed by atoms with E-state index in [-0.39, 0.29) is 17.3 Å². The molecule has 2 aromatic rings. The highest BCUT2D eigenvalue weighted by Gasteiger charge is 2.26. The Morgan fingerprint density at radius 2 is 1.83 bits per heavy atom. The van der Waals surface area contributed by atoms with Crippen LogP contribution < -0.4 is 5.32 Å². The number of carbonyl (C=O) groups is 1. The van der Waals surface area contributed by atoms with Crippen molar-refractivity contribution in [1.29, 1.82) is 0 Å². The molecule has 8 heteroatoms. The summed E-state index contributed by atoms with van der Waals surface area (Å²) < 4.78 is 32.0. The molecule has 0 unspecified atom stereocenters. The molecule has 0 radical (unpaired) electrons. The molecule has 1 N–H and O–H groups in total. The van der Waals surface area contributed by atoms with Gasteiger partial charge in [-0.1, -0.05) is 36.8 Å². The predicted molar refractivity (Wildman–Crippen MR) is 117 cm³/mol. The molecule has 0 aliphatic carbocycles. The van der Waals surface area contributed by atoms with Gasteiger partial charge in [-0.3, -0.25) is 9.69 Å². The molecule has 1 saturated heterocycles. The number of rotatable bonds is 8. The van der Waals surface area contributed by atoms with E-state index >= 15 is 0 Å². The number of amides is 1. The Hall–Kier alpha value is -2.26. The lowest BCUT2D eigenvalue weighted by atomic mass is 10.1. The third-order valence-corrected chi connectivity index (χ3v) is 6.96. The Bertz CT molecular complexity index is 955. The molecule has 30 heavy (non-hydrogen) atoms. The van der Waals surface area contributed by atoms with E-state index in [9.17, 15) is 13.2 Å². The Morgan fingerprint density at radius 1 is 1.13 bits per heavy atom. The second-order valence-electron chi connectivity index (χ2n) is 7.38. The van der Waals surface area contributed by atoms with Gasteiger partial charge in [0.15, 0.2) is 0 Å². The molecule has 1 aliphatic heterocycles. The first-order valence-electron chi connectivity index (χ1n) is 10.1. The third-order valence-electron chi connectivity index (χ3n) is 5.05. The highest BCUT2D eigenvalue weighted by Crippen LogP contribution is 2.19. The highest BCUT2D eigenvalue weighted by atomic mass is 32.2. The molecule has 1 aliphatic rings. The topological polar surface area (TPSA) is 79.0 Å². The van der Waals surface area contributed by atoms with Crippen molar-refractivity contribution in [1.82, 2.24) is 9.21 Å². The van der Waals surface area contributed by atoms with E-state index in [0.717, 1.165) is 6.54 Å². The van der Waals surface area contributed by atoms with Crippen LogP contribution in [-0.4, -0.2) is 62.9 Å². The van der Waals surface area contributed by atoms with E-state index in [2.05, 4.69) is 35.3 Å². The van der Waals surface area contributed by atoms with Crippen LogP contribution in [0.2, 0.25) is 0 Å². The fourth-order valence-electron chi connectivity index (χ4n) is 3.40. The summed E-state index contributed by atoms with van der Waals surface area (Å²) in [5.41, 5.74) is 2.94. The summed E-state index contributed by atoms with van der Waals surface area (Å²) >= 11 is 0. The molecule has 2 aromatic carbocycles. The molecule has 1 amide bonds. The minimum Gasteiger partial charge on any atom is -0.379 e. The van der Waals surface area contributed by atoms with Gasteiger partial charge < -0.3 is 10.1 Å². The summed E-state index contributed by atoms with van der Waals surface area (Å²) in [5.74, 6) is -0.131.